The van der Waals surface area contributed by atoms with Gasteiger partial charge in [0.05, 0.1) is 12.0 Å². The van der Waals surface area contributed by atoms with E-state index in [1.54, 1.807) is 12.1 Å². The van der Waals surface area contributed by atoms with Crippen LogP contribution in [0, 0.1) is 5.41 Å². The predicted molar refractivity (Wildman–Crippen MR) is 69.1 cm³/mol. The third-order valence-electron chi connectivity index (χ3n) is 3.79. The Kier molecular flexibility index (Phi) is 3.21. The molecule has 3 rings (SSSR count). The number of tetrazole rings is 1. The molecule has 2 heterocycles. The lowest BCUT2D eigenvalue weighted by Gasteiger charge is -2.23. The fourth-order valence-corrected chi connectivity index (χ4v) is 2.85. The molecule has 2 aromatic heterocycles. The molecule has 8 heteroatoms. The van der Waals surface area contributed by atoms with Crippen molar-refractivity contribution in [3.05, 3.63) is 17.4 Å². The zero-order valence-corrected chi connectivity index (χ0v) is 11.4. The summed E-state index contributed by atoms with van der Waals surface area (Å²) in [6.45, 7) is 0.239. The van der Waals surface area contributed by atoms with Gasteiger partial charge >= 0.3 is 5.97 Å². The summed E-state index contributed by atoms with van der Waals surface area (Å²) >= 11 is 5.74. The summed E-state index contributed by atoms with van der Waals surface area (Å²) in [5.41, 5.74) is -0.791. The van der Waals surface area contributed by atoms with Crippen molar-refractivity contribution in [2.45, 2.75) is 32.2 Å². The number of aliphatic carboxylic acids is 1. The van der Waals surface area contributed by atoms with E-state index in [0.29, 0.717) is 24.4 Å². The molecule has 1 aliphatic rings. The van der Waals surface area contributed by atoms with Crippen molar-refractivity contribution in [2.24, 2.45) is 5.41 Å². The quantitative estimate of drug-likeness (QED) is 0.929. The van der Waals surface area contributed by atoms with Crippen molar-refractivity contribution in [1.29, 1.82) is 0 Å². The van der Waals surface area contributed by atoms with Gasteiger partial charge in [-0.15, -0.1) is 5.10 Å². The lowest BCUT2D eigenvalue weighted by atomic mass is 9.86. The van der Waals surface area contributed by atoms with Gasteiger partial charge < -0.3 is 9.52 Å². The number of halogens is 1. The van der Waals surface area contributed by atoms with Crippen molar-refractivity contribution in [3.63, 3.8) is 0 Å². The van der Waals surface area contributed by atoms with Gasteiger partial charge in [0.25, 0.3) is 0 Å². The molecule has 2 aromatic rings. The van der Waals surface area contributed by atoms with Gasteiger partial charge in [-0.05, 0) is 47.0 Å². The van der Waals surface area contributed by atoms with Crippen LogP contribution in [0.5, 0.6) is 0 Å². The van der Waals surface area contributed by atoms with Crippen LogP contribution in [0.3, 0.4) is 0 Å². The lowest BCUT2D eigenvalue weighted by Crippen LogP contribution is -2.33. The monoisotopic (exact) mass is 296 g/mol. The number of aromatic nitrogens is 4. The van der Waals surface area contributed by atoms with Crippen molar-refractivity contribution in [2.75, 3.05) is 0 Å². The van der Waals surface area contributed by atoms with Crippen LogP contribution in [0.25, 0.3) is 11.6 Å². The second-order valence-corrected chi connectivity index (χ2v) is 5.43. The minimum atomic E-state index is -0.797. The van der Waals surface area contributed by atoms with E-state index in [2.05, 4.69) is 15.5 Å². The van der Waals surface area contributed by atoms with E-state index in [1.165, 1.54) is 4.68 Å². The van der Waals surface area contributed by atoms with Crippen LogP contribution in [0.1, 0.15) is 25.7 Å². The highest BCUT2D eigenvalue weighted by Gasteiger charge is 2.42. The lowest BCUT2D eigenvalue weighted by molar-refractivity contribution is -0.149. The first-order chi connectivity index (χ1) is 9.61. The zero-order valence-electron chi connectivity index (χ0n) is 10.6. The zero-order chi connectivity index (χ0) is 14.2. The first-order valence-electron chi connectivity index (χ1n) is 6.36. The van der Waals surface area contributed by atoms with Crippen LogP contribution in [0.2, 0.25) is 5.22 Å². The number of hydrogen-bond acceptors (Lipinski definition) is 5. The van der Waals surface area contributed by atoms with Gasteiger partial charge in [0, 0.05) is 0 Å². The van der Waals surface area contributed by atoms with Crippen molar-refractivity contribution in [3.8, 4) is 11.6 Å². The van der Waals surface area contributed by atoms with E-state index in [1.807, 2.05) is 0 Å². The maximum atomic E-state index is 11.6. The molecule has 1 saturated carbocycles. The molecule has 0 aliphatic heterocycles. The first-order valence-corrected chi connectivity index (χ1v) is 6.74. The molecule has 20 heavy (non-hydrogen) atoms. The molecule has 0 saturated heterocycles. The number of furan rings is 1. The number of hydrogen-bond donors (Lipinski definition) is 1. The van der Waals surface area contributed by atoms with E-state index >= 15 is 0 Å². The summed E-state index contributed by atoms with van der Waals surface area (Å²) in [7, 11) is 0. The minimum Gasteiger partial charge on any atom is -0.481 e. The van der Waals surface area contributed by atoms with Crippen molar-refractivity contribution >= 4 is 17.6 Å². The largest absolute Gasteiger partial charge is 0.481 e. The Labute approximate surface area is 119 Å². The average Bonchev–Trinajstić information content (AvgIpc) is 3.10. The van der Waals surface area contributed by atoms with Gasteiger partial charge in [-0.2, -0.15) is 0 Å². The number of carboxylic acid groups (broad SMARTS) is 1. The van der Waals surface area contributed by atoms with Gasteiger partial charge in [0.15, 0.2) is 11.0 Å². The average molecular weight is 297 g/mol. The van der Waals surface area contributed by atoms with Crippen LogP contribution >= 0.6 is 11.6 Å². The number of carboxylic acids is 1. The van der Waals surface area contributed by atoms with Gasteiger partial charge in [0.1, 0.15) is 0 Å². The third kappa shape index (κ3) is 2.18. The third-order valence-corrected chi connectivity index (χ3v) is 4.00. The number of carbonyl (C=O) groups is 1. The maximum absolute atomic E-state index is 11.6. The normalized spacial score (nSPS) is 17.4. The Hall–Kier alpha value is -1.89. The second kappa shape index (κ2) is 4.90. The predicted octanol–water partition coefficient (Wildman–Crippen LogP) is 2.23. The molecule has 0 amide bonds. The van der Waals surface area contributed by atoms with E-state index in [9.17, 15) is 9.90 Å². The summed E-state index contributed by atoms with van der Waals surface area (Å²) in [5, 5.41) is 21.1. The molecule has 0 atom stereocenters. The molecule has 1 aliphatic carbocycles. The Morgan fingerprint density at radius 2 is 2.20 bits per heavy atom. The summed E-state index contributed by atoms with van der Waals surface area (Å²) in [5.74, 6) is 0.0249. The van der Waals surface area contributed by atoms with Crippen LogP contribution < -0.4 is 0 Å². The number of nitrogens with zero attached hydrogens (tertiary/aromatic N) is 4. The van der Waals surface area contributed by atoms with Gasteiger partial charge in [-0.25, -0.2) is 4.68 Å². The van der Waals surface area contributed by atoms with E-state index in [-0.39, 0.29) is 11.8 Å². The van der Waals surface area contributed by atoms with Crippen molar-refractivity contribution in [1.82, 2.24) is 20.2 Å². The van der Waals surface area contributed by atoms with Crippen molar-refractivity contribution < 1.29 is 14.3 Å². The highest BCUT2D eigenvalue weighted by molar-refractivity contribution is 6.28. The Bertz CT molecular complexity index is 630. The Balaban J connectivity index is 1.92. The van der Waals surface area contributed by atoms with Crippen LogP contribution in [0.15, 0.2) is 16.5 Å². The molecular weight excluding hydrogens is 284 g/mol. The highest BCUT2D eigenvalue weighted by Crippen LogP contribution is 2.40. The first kappa shape index (κ1) is 13.1. The molecule has 0 aromatic carbocycles. The summed E-state index contributed by atoms with van der Waals surface area (Å²) in [6, 6.07) is 3.26. The van der Waals surface area contributed by atoms with Gasteiger partial charge in [-0.3, -0.25) is 4.79 Å². The summed E-state index contributed by atoms with van der Waals surface area (Å²) in [4.78, 5) is 11.6. The highest BCUT2D eigenvalue weighted by atomic mass is 35.5. The molecule has 1 fully saturated rings. The molecule has 0 unspecified atom stereocenters. The molecule has 106 valence electrons. The molecule has 0 bridgehead atoms. The molecule has 7 nitrogen and oxygen atoms in total. The molecule has 0 radical (unpaired) electrons. The fourth-order valence-electron chi connectivity index (χ4n) is 2.70. The molecular formula is C12H13ClN4O3. The van der Waals surface area contributed by atoms with E-state index in [0.717, 1.165) is 12.8 Å². The van der Waals surface area contributed by atoms with Gasteiger partial charge in [-0.1, -0.05) is 12.8 Å². The SMILES string of the molecule is O=C(O)C1(Cn2nnnc2-c2ccc(Cl)o2)CCCC1. The molecule has 1 N–H and O–H groups in total. The topological polar surface area (TPSA) is 94.0 Å². The van der Waals surface area contributed by atoms with E-state index in [4.69, 9.17) is 16.0 Å². The standard InChI is InChI=1S/C12H13ClN4O3/c13-9-4-3-8(20-9)10-14-15-16-17(10)7-12(11(18)19)5-1-2-6-12/h3-4H,1-2,5-7H2,(H,18,19). The fraction of sp³-hybridized carbons (Fsp3) is 0.500. The Morgan fingerprint density at radius 1 is 1.45 bits per heavy atom. The van der Waals surface area contributed by atoms with Crippen LogP contribution in [-0.4, -0.2) is 31.3 Å². The van der Waals surface area contributed by atoms with Crippen LogP contribution in [0.4, 0.5) is 0 Å². The van der Waals surface area contributed by atoms with E-state index < -0.39 is 11.4 Å². The van der Waals surface area contributed by atoms with Crippen LogP contribution in [-0.2, 0) is 11.3 Å². The summed E-state index contributed by atoms with van der Waals surface area (Å²) < 4.78 is 6.76. The molecule has 0 spiro atoms. The Morgan fingerprint density at radius 3 is 2.80 bits per heavy atom. The summed E-state index contributed by atoms with van der Waals surface area (Å²) in [6.07, 6.45) is 3.10. The number of rotatable bonds is 4. The second-order valence-electron chi connectivity index (χ2n) is 5.06. The maximum Gasteiger partial charge on any atom is 0.311 e. The van der Waals surface area contributed by atoms with Gasteiger partial charge in [0.2, 0.25) is 5.82 Å². The minimum absolute atomic E-state index is 0.239. The smallest absolute Gasteiger partial charge is 0.311 e.